The minimum atomic E-state index is -3.06. The molecule has 0 aromatic heterocycles. The number of benzene rings is 1. The van der Waals surface area contributed by atoms with Crippen LogP contribution in [0, 0.1) is 0 Å². The van der Waals surface area contributed by atoms with Crippen molar-refractivity contribution in [3.63, 3.8) is 0 Å². The predicted octanol–water partition coefficient (Wildman–Crippen LogP) is 0.474. The van der Waals surface area contributed by atoms with Crippen molar-refractivity contribution in [2.24, 2.45) is 0 Å². The summed E-state index contributed by atoms with van der Waals surface area (Å²) in [6, 6.07) is 6.93. The van der Waals surface area contributed by atoms with Gasteiger partial charge in [-0.1, -0.05) is 19.1 Å². The van der Waals surface area contributed by atoms with Crippen molar-refractivity contribution >= 4 is 21.7 Å². The number of ether oxygens (including phenoxy) is 2. The number of hydrogen-bond donors (Lipinski definition) is 1. The summed E-state index contributed by atoms with van der Waals surface area (Å²) in [5, 5.41) is 2.54. The summed E-state index contributed by atoms with van der Waals surface area (Å²) in [5.41, 5.74) is 1.16. The predicted molar refractivity (Wildman–Crippen MR) is 87.5 cm³/mol. The number of amides is 1. The van der Waals surface area contributed by atoms with Crippen LogP contribution in [-0.4, -0.2) is 51.1 Å². The van der Waals surface area contributed by atoms with E-state index in [1.807, 2.05) is 19.1 Å². The van der Waals surface area contributed by atoms with Gasteiger partial charge < -0.3 is 14.8 Å². The number of aryl methyl sites for hydroxylation is 1. The van der Waals surface area contributed by atoms with E-state index in [1.165, 1.54) is 0 Å². The number of carbonyl (C=O) groups excluding carboxylic acids is 2. The molecule has 0 aliphatic carbocycles. The first-order valence-electron chi connectivity index (χ1n) is 7.75. The SMILES string of the molecule is CCc1ccc(OCC(=O)OCC(=O)N[C@H]2CCS(=O)(=O)C2)cc1. The van der Waals surface area contributed by atoms with Gasteiger partial charge in [0.15, 0.2) is 23.1 Å². The summed E-state index contributed by atoms with van der Waals surface area (Å²) in [5.74, 6) is -0.627. The van der Waals surface area contributed by atoms with E-state index in [-0.39, 0.29) is 18.1 Å². The first-order chi connectivity index (χ1) is 11.4. The van der Waals surface area contributed by atoms with Gasteiger partial charge >= 0.3 is 5.97 Å². The zero-order chi connectivity index (χ0) is 17.6. The topological polar surface area (TPSA) is 98.8 Å². The van der Waals surface area contributed by atoms with Crippen LogP contribution in [0.2, 0.25) is 0 Å². The quantitative estimate of drug-likeness (QED) is 0.714. The maximum atomic E-state index is 11.6. The maximum Gasteiger partial charge on any atom is 0.344 e. The van der Waals surface area contributed by atoms with Crippen LogP contribution < -0.4 is 10.1 Å². The molecule has 24 heavy (non-hydrogen) atoms. The van der Waals surface area contributed by atoms with Crippen molar-refractivity contribution in [2.75, 3.05) is 24.7 Å². The Balaban J connectivity index is 1.66. The molecule has 1 heterocycles. The Labute approximate surface area is 141 Å². The number of rotatable bonds is 7. The van der Waals surface area contributed by atoms with Crippen LogP contribution in [0.25, 0.3) is 0 Å². The lowest BCUT2D eigenvalue weighted by atomic mass is 10.2. The Hall–Kier alpha value is -2.09. The summed E-state index contributed by atoms with van der Waals surface area (Å²) in [6.45, 7) is 1.29. The molecule has 1 N–H and O–H groups in total. The molecular weight excluding hydrogens is 334 g/mol. The molecule has 132 valence electrons. The highest BCUT2D eigenvalue weighted by atomic mass is 32.2. The van der Waals surface area contributed by atoms with Crippen LogP contribution in [-0.2, 0) is 30.6 Å². The van der Waals surface area contributed by atoms with E-state index in [0.717, 1.165) is 12.0 Å². The van der Waals surface area contributed by atoms with Gasteiger partial charge in [-0.25, -0.2) is 13.2 Å². The van der Waals surface area contributed by atoms with Gasteiger partial charge in [0.1, 0.15) is 5.75 Å². The van der Waals surface area contributed by atoms with Crippen molar-refractivity contribution in [1.29, 1.82) is 0 Å². The second-order valence-corrected chi connectivity index (χ2v) is 7.84. The summed E-state index contributed by atoms with van der Waals surface area (Å²) >= 11 is 0. The Morgan fingerprint density at radius 3 is 2.50 bits per heavy atom. The maximum absolute atomic E-state index is 11.6. The number of carbonyl (C=O) groups is 2. The molecule has 1 amide bonds. The molecule has 0 radical (unpaired) electrons. The molecule has 1 aromatic carbocycles. The van der Waals surface area contributed by atoms with E-state index < -0.39 is 34.4 Å². The normalized spacial score (nSPS) is 18.8. The fraction of sp³-hybridized carbons (Fsp3) is 0.500. The molecule has 1 saturated heterocycles. The second-order valence-electron chi connectivity index (χ2n) is 5.61. The molecule has 0 spiro atoms. The Kier molecular flexibility index (Phi) is 6.19. The third-order valence-corrected chi connectivity index (χ3v) is 5.42. The lowest BCUT2D eigenvalue weighted by Gasteiger charge is -2.11. The molecule has 0 bridgehead atoms. The second kappa shape index (κ2) is 8.14. The summed E-state index contributed by atoms with van der Waals surface area (Å²) in [6.07, 6.45) is 1.30. The summed E-state index contributed by atoms with van der Waals surface area (Å²) in [4.78, 5) is 23.2. The molecule has 7 nitrogen and oxygen atoms in total. The van der Waals surface area contributed by atoms with Crippen molar-refractivity contribution < 1.29 is 27.5 Å². The van der Waals surface area contributed by atoms with Gasteiger partial charge in [-0.05, 0) is 30.5 Å². The molecule has 1 aromatic rings. The number of esters is 1. The molecule has 0 unspecified atom stereocenters. The van der Waals surface area contributed by atoms with Gasteiger partial charge in [-0.3, -0.25) is 4.79 Å². The minimum Gasteiger partial charge on any atom is -0.482 e. The van der Waals surface area contributed by atoms with Gasteiger partial charge in [0, 0.05) is 6.04 Å². The molecule has 0 saturated carbocycles. The van der Waals surface area contributed by atoms with Gasteiger partial charge in [-0.15, -0.1) is 0 Å². The van der Waals surface area contributed by atoms with Gasteiger partial charge in [0.25, 0.3) is 5.91 Å². The van der Waals surface area contributed by atoms with Crippen LogP contribution in [0.4, 0.5) is 0 Å². The van der Waals surface area contributed by atoms with E-state index in [9.17, 15) is 18.0 Å². The van der Waals surface area contributed by atoms with E-state index in [0.29, 0.717) is 12.2 Å². The van der Waals surface area contributed by atoms with Crippen molar-refractivity contribution in [2.45, 2.75) is 25.8 Å². The number of sulfone groups is 1. The largest absolute Gasteiger partial charge is 0.482 e. The number of hydrogen-bond acceptors (Lipinski definition) is 6. The van der Waals surface area contributed by atoms with Gasteiger partial charge in [0.05, 0.1) is 11.5 Å². The fourth-order valence-corrected chi connectivity index (χ4v) is 4.00. The zero-order valence-corrected chi connectivity index (χ0v) is 14.3. The van der Waals surface area contributed by atoms with Crippen LogP contribution >= 0.6 is 0 Å². The smallest absolute Gasteiger partial charge is 0.344 e. The van der Waals surface area contributed by atoms with Crippen molar-refractivity contribution in [3.05, 3.63) is 29.8 Å². The van der Waals surface area contributed by atoms with Gasteiger partial charge in [0.2, 0.25) is 0 Å². The third kappa shape index (κ3) is 5.84. The Morgan fingerprint density at radius 2 is 1.92 bits per heavy atom. The highest BCUT2D eigenvalue weighted by Gasteiger charge is 2.29. The first kappa shape index (κ1) is 18.3. The molecule has 1 atom stereocenters. The molecule has 1 aliphatic rings. The van der Waals surface area contributed by atoms with E-state index in [2.05, 4.69) is 5.32 Å². The number of nitrogens with one attached hydrogen (secondary N) is 1. The standard InChI is InChI=1S/C16H21NO6S/c1-2-12-3-5-14(6-4-12)22-10-16(19)23-9-15(18)17-13-7-8-24(20,21)11-13/h3-6,13H,2,7-11H2,1H3,(H,17,18)/t13-/m0/s1. The lowest BCUT2D eigenvalue weighted by Crippen LogP contribution is -2.38. The highest BCUT2D eigenvalue weighted by molar-refractivity contribution is 7.91. The van der Waals surface area contributed by atoms with Crippen LogP contribution in [0.15, 0.2) is 24.3 Å². The van der Waals surface area contributed by atoms with E-state index in [1.54, 1.807) is 12.1 Å². The van der Waals surface area contributed by atoms with Gasteiger partial charge in [-0.2, -0.15) is 0 Å². The lowest BCUT2D eigenvalue weighted by molar-refractivity contribution is -0.150. The summed E-state index contributed by atoms with van der Waals surface area (Å²) in [7, 11) is -3.06. The monoisotopic (exact) mass is 355 g/mol. The molecule has 1 fully saturated rings. The Bertz CT molecular complexity index is 683. The van der Waals surface area contributed by atoms with Crippen molar-refractivity contribution in [3.8, 4) is 5.75 Å². The highest BCUT2D eigenvalue weighted by Crippen LogP contribution is 2.12. The molecule has 2 rings (SSSR count). The van der Waals surface area contributed by atoms with Crippen LogP contribution in [0.5, 0.6) is 5.75 Å². The molecule has 8 heteroatoms. The first-order valence-corrected chi connectivity index (χ1v) is 9.57. The fourth-order valence-electron chi connectivity index (χ4n) is 2.33. The van der Waals surface area contributed by atoms with Crippen LogP contribution in [0.1, 0.15) is 18.9 Å². The van der Waals surface area contributed by atoms with E-state index in [4.69, 9.17) is 9.47 Å². The average molecular weight is 355 g/mol. The van der Waals surface area contributed by atoms with Crippen molar-refractivity contribution in [1.82, 2.24) is 5.32 Å². The average Bonchev–Trinajstić information content (AvgIpc) is 2.90. The summed E-state index contributed by atoms with van der Waals surface area (Å²) < 4.78 is 32.7. The minimum absolute atomic E-state index is 0.0659. The molecule has 1 aliphatic heterocycles. The third-order valence-electron chi connectivity index (χ3n) is 3.65. The van der Waals surface area contributed by atoms with E-state index >= 15 is 0 Å². The zero-order valence-electron chi connectivity index (χ0n) is 13.5. The Morgan fingerprint density at radius 1 is 1.21 bits per heavy atom. The molecular formula is C16H21NO6S. The van der Waals surface area contributed by atoms with Crippen LogP contribution in [0.3, 0.4) is 0 Å².